The van der Waals surface area contributed by atoms with E-state index in [0.717, 1.165) is 28.2 Å². The van der Waals surface area contributed by atoms with E-state index < -0.39 is 12.6 Å². The number of aromatic nitrogens is 5. The van der Waals surface area contributed by atoms with Gasteiger partial charge in [-0.15, -0.1) is 0 Å². The largest absolute Gasteiger partial charge is 0.389 e. The number of aryl methyl sites for hydroxylation is 2. The molecule has 4 rings (SSSR count). The minimum absolute atomic E-state index is 0.170. The molecule has 0 radical (unpaired) electrons. The van der Waals surface area contributed by atoms with Crippen LogP contribution in [0.5, 0.6) is 0 Å². The summed E-state index contributed by atoms with van der Waals surface area (Å²) in [6.07, 6.45) is -0.0586. The van der Waals surface area contributed by atoms with Gasteiger partial charge in [0.1, 0.15) is 11.6 Å². The molecular formula is C17H15F3N6. The zero-order chi connectivity index (χ0) is 18.3. The third kappa shape index (κ3) is 3.24. The summed E-state index contributed by atoms with van der Waals surface area (Å²) < 4.78 is 38.9. The molecule has 3 aromatic rings. The first kappa shape index (κ1) is 16.5. The number of nitrogens with zero attached hydrogens (tertiary/aromatic N) is 5. The standard InChI is InChI=1S/C17H15F3N6/c1-10-9-26-15(23-10)3-2-13(25-26)11-5-7-21-16-12(11)8-22-14(24-16)4-6-17(18,19)20/h2-3,5,8-9H,4,6-7H2,1H3,(H,21,22,24). The number of rotatable bonds is 3. The molecule has 0 amide bonds. The molecule has 0 atom stereocenters. The van der Waals surface area contributed by atoms with Gasteiger partial charge in [-0.05, 0) is 19.1 Å². The van der Waals surface area contributed by atoms with Crippen molar-refractivity contribution in [2.45, 2.75) is 25.9 Å². The van der Waals surface area contributed by atoms with Crippen LogP contribution in [0.3, 0.4) is 0 Å². The number of imidazole rings is 1. The van der Waals surface area contributed by atoms with E-state index in [1.807, 2.05) is 31.3 Å². The fourth-order valence-corrected chi connectivity index (χ4v) is 2.87. The minimum atomic E-state index is -4.22. The van der Waals surface area contributed by atoms with Crippen molar-refractivity contribution in [1.29, 1.82) is 0 Å². The molecule has 0 aliphatic carbocycles. The predicted octanol–water partition coefficient (Wildman–Crippen LogP) is 3.18. The Kier molecular flexibility index (Phi) is 3.86. The highest BCUT2D eigenvalue weighted by atomic mass is 19.4. The molecule has 0 spiro atoms. The van der Waals surface area contributed by atoms with Crippen LogP contribution < -0.4 is 5.32 Å². The Bertz CT molecular complexity index is 1010. The molecule has 0 bridgehead atoms. The van der Waals surface area contributed by atoms with Crippen molar-refractivity contribution < 1.29 is 13.2 Å². The van der Waals surface area contributed by atoms with E-state index in [0.29, 0.717) is 12.4 Å². The molecule has 0 saturated carbocycles. The van der Waals surface area contributed by atoms with E-state index in [2.05, 4.69) is 25.4 Å². The zero-order valence-electron chi connectivity index (χ0n) is 13.9. The van der Waals surface area contributed by atoms with Crippen LogP contribution in [-0.4, -0.2) is 37.3 Å². The van der Waals surface area contributed by atoms with Crippen LogP contribution in [0.25, 0.3) is 11.2 Å². The van der Waals surface area contributed by atoms with Gasteiger partial charge in [-0.1, -0.05) is 6.08 Å². The third-order valence-corrected chi connectivity index (χ3v) is 4.05. The molecule has 3 aromatic heterocycles. The summed E-state index contributed by atoms with van der Waals surface area (Å²) in [5, 5.41) is 7.65. The molecule has 0 aromatic carbocycles. The Balaban J connectivity index is 1.66. The van der Waals surface area contributed by atoms with Gasteiger partial charge in [0, 0.05) is 30.3 Å². The molecular weight excluding hydrogens is 345 g/mol. The number of anilines is 1. The summed E-state index contributed by atoms with van der Waals surface area (Å²) in [6.45, 7) is 2.41. The van der Waals surface area contributed by atoms with Gasteiger partial charge in [0.05, 0.1) is 24.0 Å². The van der Waals surface area contributed by atoms with Crippen molar-refractivity contribution in [2.24, 2.45) is 0 Å². The molecule has 1 aliphatic rings. The van der Waals surface area contributed by atoms with Crippen LogP contribution in [0.1, 0.15) is 29.2 Å². The number of hydrogen-bond acceptors (Lipinski definition) is 5. The van der Waals surface area contributed by atoms with E-state index >= 15 is 0 Å². The second-order valence-electron chi connectivity index (χ2n) is 6.07. The second-order valence-corrected chi connectivity index (χ2v) is 6.07. The summed E-state index contributed by atoms with van der Waals surface area (Å²) in [6, 6.07) is 3.73. The molecule has 1 N–H and O–H groups in total. The monoisotopic (exact) mass is 360 g/mol. The maximum Gasteiger partial charge on any atom is 0.389 e. The van der Waals surface area contributed by atoms with Crippen LogP contribution in [-0.2, 0) is 6.42 Å². The van der Waals surface area contributed by atoms with Crippen LogP contribution in [0, 0.1) is 6.92 Å². The molecule has 4 heterocycles. The summed E-state index contributed by atoms with van der Waals surface area (Å²) in [5.41, 5.74) is 3.90. The van der Waals surface area contributed by atoms with Crippen LogP contribution in [0.4, 0.5) is 19.0 Å². The van der Waals surface area contributed by atoms with Gasteiger partial charge in [0.2, 0.25) is 0 Å². The average Bonchev–Trinajstić information content (AvgIpc) is 2.97. The van der Waals surface area contributed by atoms with Crippen molar-refractivity contribution >= 4 is 17.0 Å². The lowest BCUT2D eigenvalue weighted by Gasteiger charge is -2.18. The molecule has 0 fully saturated rings. The first-order valence-electron chi connectivity index (χ1n) is 8.09. The minimum Gasteiger partial charge on any atom is -0.366 e. The molecule has 0 saturated heterocycles. The number of halogens is 3. The van der Waals surface area contributed by atoms with Crippen molar-refractivity contribution in [2.75, 3.05) is 11.9 Å². The molecule has 0 unspecified atom stereocenters. The highest BCUT2D eigenvalue weighted by molar-refractivity contribution is 5.85. The summed E-state index contributed by atoms with van der Waals surface area (Å²) in [4.78, 5) is 12.7. The Hall–Kier alpha value is -2.97. The molecule has 26 heavy (non-hydrogen) atoms. The van der Waals surface area contributed by atoms with Gasteiger partial charge in [-0.25, -0.2) is 19.5 Å². The fraction of sp³-hybridized carbons (Fsp3) is 0.294. The highest BCUT2D eigenvalue weighted by Crippen LogP contribution is 2.30. The van der Waals surface area contributed by atoms with Crippen molar-refractivity contribution in [3.63, 3.8) is 0 Å². The smallest absolute Gasteiger partial charge is 0.366 e. The highest BCUT2D eigenvalue weighted by Gasteiger charge is 2.27. The SMILES string of the molecule is Cc1cn2nc(C3=CCNc4nc(CCC(F)(F)F)ncc43)ccc2n1. The van der Waals surface area contributed by atoms with Gasteiger partial charge in [-0.2, -0.15) is 18.3 Å². The lowest BCUT2D eigenvalue weighted by Crippen LogP contribution is -2.15. The van der Waals surface area contributed by atoms with Crippen LogP contribution >= 0.6 is 0 Å². The first-order chi connectivity index (χ1) is 12.4. The van der Waals surface area contributed by atoms with Gasteiger partial charge in [0.25, 0.3) is 0 Å². The Morgan fingerprint density at radius 1 is 1.23 bits per heavy atom. The first-order valence-corrected chi connectivity index (χ1v) is 8.09. The average molecular weight is 360 g/mol. The van der Waals surface area contributed by atoms with Gasteiger partial charge < -0.3 is 5.32 Å². The van der Waals surface area contributed by atoms with E-state index in [9.17, 15) is 13.2 Å². The maximum atomic E-state index is 12.4. The number of hydrogen-bond donors (Lipinski definition) is 1. The second kappa shape index (κ2) is 6.08. The fourth-order valence-electron chi connectivity index (χ4n) is 2.87. The number of fused-ring (bicyclic) bond motifs is 2. The molecule has 134 valence electrons. The van der Waals surface area contributed by atoms with Gasteiger partial charge in [0.15, 0.2) is 5.65 Å². The summed E-state index contributed by atoms with van der Waals surface area (Å²) in [5.74, 6) is 0.696. The zero-order valence-corrected chi connectivity index (χ0v) is 13.9. The molecule has 6 nitrogen and oxygen atoms in total. The normalized spacial score (nSPS) is 14.1. The van der Waals surface area contributed by atoms with Crippen molar-refractivity contribution in [3.05, 3.63) is 53.4 Å². The molecule has 1 aliphatic heterocycles. The maximum absolute atomic E-state index is 12.4. The number of nitrogens with one attached hydrogen (secondary N) is 1. The summed E-state index contributed by atoms with van der Waals surface area (Å²) in [7, 11) is 0. The van der Waals surface area contributed by atoms with Crippen LogP contribution in [0.2, 0.25) is 0 Å². The Morgan fingerprint density at radius 3 is 2.88 bits per heavy atom. The van der Waals surface area contributed by atoms with E-state index in [-0.39, 0.29) is 12.2 Å². The topological polar surface area (TPSA) is 68.0 Å². The summed E-state index contributed by atoms with van der Waals surface area (Å²) >= 11 is 0. The Morgan fingerprint density at radius 2 is 2.08 bits per heavy atom. The van der Waals surface area contributed by atoms with Gasteiger partial charge in [-0.3, -0.25) is 0 Å². The lowest BCUT2D eigenvalue weighted by molar-refractivity contribution is -0.134. The lowest BCUT2D eigenvalue weighted by atomic mass is 10.0. The Labute approximate surface area is 146 Å². The van der Waals surface area contributed by atoms with E-state index in [4.69, 9.17) is 0 Å². The predicted molar refractivity (Wildman–Crippen MR) is 89.7 cm³/mol. The van der Waals surface area contributed by atoms with E-state index in [1.165, 1.54) is 0 Å². The molecule has 9 heteroatoms. The van der Waals surface area contributed by atoms with Crippen molar-refractivity contribution in [3.8, 4) is 0 Å². The van der Waals surface area contributed by atoms with E-state index in [1.54, 1.807) is 10.7 Å². The van der Waals surface area contributed by atoms with Crippen molar-refractivity contribution in [1.82, 2.24) is 24.6 Å². The third-order valence-electron chi connectivity index (χ3n) is 4.05. The van der Waals surface area contributed by atoms with Gasteiger partial charge >= 0.3 is 6.18 Å². The number of alkyl halides is 3. The quantitative estimate of drug-likeness (QED) is 0.777. The van der Waals surface area contributed by atoms with Crippen LogP contribution in [0.15, 0.2) is 30.6 Å².